The number of nitrogens with two attached hydrogens (primary N) is 2. The number of fused-ring (bicyclic) bond motifs is 3. The summed E-state index contributed by atoms with van der Waals surface area (Å²) in [6, 6.07) is 27.3. The van der Waals surface area contributed by atoms with Gasteiger partial charge in [-0.1, -0.05) is 111 Å². The quantitative estimate of drug-likeness (QED) is 0.0164. The average Bonchev–Trinajstić information content (AvgIpc) is 1.60. The SMILES string of the molecule is CC(C)C(C(=O)O)C(=O)O.CCc1nc2c(cnn2CC)c(NC2CCOCC2)c1CN.CCc1nc2c(cnn2CC)c(NC2CCOCC2)c1CNC(=O)C(C(=O)NCc1ccc(F)c(-c2cccc(CN3CCN[C@@H](C)C3)c2)c1)C(C)C.CCc1nc2c(cnn2CC)c(NC2CCOCC2)c1CNC(=O)C(C(=O)O)C(C)C.C[C@H]1CN(Cc2cccc(-c3cc(CN)ccc3F)c2)CCN1C(=O)OC(C)(C)C. The van der Waals surface area contributed by atoms with Gasteiger partial charge in [-0.2, -0.15) is 15.3 Å². The molecule has 4 amide bonds. The van der Waals surface area contributed by atoms with Crippen LogP contribution in [0.3, 0.4) is 0 Å². The molecule has 794 valence electrons. The third kappa shape index (κ3) is 30.5. The monoisotopic (exact) mass is 2020 g/mol. The summed E-state index contributed by atoms with van der Waals surface area (Å²) >= 11 is 0. The van der Waals surface area contributed by atoms with Crippen molar-refractivity contribution >= 4 is 91.9 Å². The van der Waals surface area contributed by atoms with E-state index in [2.05, 4.69) is 102 Å². The van der Waals surface area contributed by atoms with E-state index in [-0.39, 0.29) is 85.1 Å². The number of carboxylic acids is 3. The van der Waals surface area contributed by atoms with Gasteiger partial charge in [0.25, 0.3) is 0 Å². The Balaban J connectivity index is 0.000000188. The van der Waals surface area contributed by atoms with Crippen LogP contribution in [-0.2, 0) is 132 Å². The number of nitrogens with one attached hydrogen (secondary N) is 7. The van der Waals surface area contributed by atoms with Gasteiger partial charge in [0.2, 0.25) is 17.7 Å². The number of benzene rings is 4. The molecule has 6 aromatic heterocycles. The van der Waals surface area contributed by atoms with E-state index >= 15 is 4.39 Å². The van der Waals surface area contributed by atoms with Crippen molar-refractivity contribution in [3.63, 3.8) is 0 Å². The van der Waals surface area contributed by atoms with E-state index in [0.29, 0.717) is 95.2 Å². The maximum absolute atomic E-state index is 15.2. The van der Waals surface area contributed by atoms with Crippen LogP contribution in [0.4, 0.5) is 30.6 Å². The number of carbonyl (C=O) groups is 7. The lowest BCUT2D eigenvalue weighted by Crippen LogP contribution is -2.54. The topological polar surface area (TPSA) is 455 Å². The van der Waals surface area contributed by atoms with Crippen LogP contribution in [0.5, 0.6) is 0 Å². The standard InChI is InChI=1S/C41H55FN8O3.C24H32FN3O2.C22H33N5O4.C16H25N5O.C6H10O4/c1-6-36-33(38(47-31-13-17-53-18-14-31)34-23-46-50(7-2)39(34)48-36)22-45-41(52)37(26(3)4)40(51)44-21-28-11-12-35(42)32(20-28)30-10-8-9-29(19-30)25-49-16-15-43-27(5)24-49;1-17-15-27(10-11-28(17)23(29)30-24(2,3)4)16-19-6-5-7-20(12-19)21-13-18(14-26)8-9-22(21)25;1-5-17-15(11-23-21(28)18(13(3)4)22(29)30)19(25-14-7-9-31-10-8-14)16-12-24-27(6-2)20(16)26-17;1-3-14-12(9-17)15(19-11-5-7-22-8-6-11)13-10-18-21(4-2)16(13)20-14;1-3(2)4(5(7)8)6(9)10/h8-12,19-20,23,26-27,31,37,43H,6-7,13-18,21-22,24-25H2,1-5H3,(H,44,51)(H,45,52)(H,47,48);5-9,12-13,17H,10-11,14-16,26H2,1-4H3;12-14,18H,5-11H2,1-4H3,(H,23,28)(H,25,26)(H,29,30);10-11H,3-9,17H2,1-2H3,(H,19,20);3-4H,1-2H3,(H,7,8)(H,9,10)/t27-,37?;17-;;;/m00.../s1. The van der Waals surface area contributed by atoms with Gasteiger partial charge < -0.3 is 87.9 Å². The number of carbonyl (C=O) groups excluding carboxylic acids is 4. The maximum Gasteiger partial charge on any atom is 0.410 e. The van der Waals surface area contributed by atoms with Crippen LogP contribution in [0.15, 0.2) is 104 Å². The number of hydrogen-bond acceptors (Lipinski definition) is 25. The lowest BCUT2D eigenvalue weighted by molar-refractivity contribution is -0.157. The average molecular weight is 2020 g/mol. The molecule has 4 atom stereocenters. The van der Waals surface area contributed by atoms with Crippen LogP contribution in [0.25, 0.3) is 55.4 Å². The summed E-state index contributed by atoms with van der Waals surface area (Å²) in [4.78, 5) is 106. The van der Waals surface area contributed by atoms with Gasteiger partial charge >= 0.3 is 24.0 Å². The Morgan fingerprint density at radius 3 is 1.22 bits per heavy atom. The minimum absolute atomic E-state index is 0.0652. The molecule has 5 fully saturated rings. The second kappa shape index (κ2) is 54.4. The van der Waals surface area contributed by atoms with E-state index in [9.17, 15) is 43.1 Å². The summed E-state index contributed by atoms with van der Waals surface area (Å²) < 4.78 is 57.3. The number of aromatic nitrogens is 9. The molecule has 146 heavy (non-hydrogen) atoms. The Hall–Kier alpha value is -12.2. The minimum Gasteiger partial charge on any atom is -0.481 e. The molecule has 0 bridgehead atoms. The summed E-state index contributed by atoms with van der Waals surface area (Å²) in [6.07, 6.45) is 13.1. The normalized spacial score (nSPS) is 16.6. The third-order valence-electron chi connectivity index (χ3n) is 27.1. The summed E-state index contributed by atoms with van der Waals surface area (Å²) in [5.41, 5.74) is 29.1. The first kappa shape index (κ1) is 114. The highest BCUT2D eigenvalue weighted by Crippen LogP contribution is 2.37. The summed E-state index contributed by atoms with van der Waals surface area (Å²) in [5.74, 6) is -9.63. The Morgan fingerprint density at radius 1 is 0.473 bits per heavy atom. The molecular formula is C109H155F2N21O14. The van der Waals surface area contributed by atoms with E-state index in [0.717, 1.165) is 228 Å². The molecule has 0 aliphatic carbocycles. The summed E-state index contributed by atoms with van der Waals surface area (Å²) in [5, 5.41) is 66.0. The molecule has 0 radical (unpaired) electrons. The number of piperazine rings is 2. The number of aryl methyl sites for hydroxylation is 6. The van der Waals surface area contributed by atoms with Gasteiger partial charge in [-0.25, -0.2) is 42.6 Å². The van der Waals surface area contributed by atoms with Crippen molar-refractivity contribution in [3.05, 3.63) is 171 Å². The van der Waals surface area contributed by atoms with Gasteiger partial charge in [0.05, 0.1) is 51.8 Å². The molecule has 15 rings (SSSR count). The Kier molecular flexibility index (Phi) is 42.5. The van der Waals surface area contributed by atoms with Gasteiger partial charge in [0.1, 0.15) is 29.1 Å². The zero-order valence-electron chi connectivity index (χ0n) is 88.2. The molecule has 5 aliphatic rings. The Morgan fingerprint density at radius 2 is 0.856 bits per heavy atom. The predicted octanol–water partition coefficient (Wildman–Crippen LogP) is 14.9. The lowest BCUT2D eigenvalue weighted by atomic mass is 9.93. The first-order valence-corrected chi connectivity index (χ1v) is 51.9. The summed E-state index contributed by atoms with van der Waals surface area (Å²) in [6.45, 7) is 47.3. The van der Waals surface area contributed by atoms with Crippen molar-refractivity contribution in [2.45, 2.75) is 277 Å². The van der Waals surface area contributed by atoms with Gasteiger partial charge in [0, 0.05) is 219 Å². The fourth-order valence-electron chi connectivity index (χ4n) is 19.2. The minimum atomic E-state index is -1.28. The fraction of sp³-hybridized carbons (Fsp3) is 0.550. The maximum atomic E-state index is 15.2. The van der Waals surface area contributed by atoms with E-state index in [1.54, 1.807) is 50.8 Å². The second-order valence-electron chi connectivity index (χ2n) is 40.1. The Labute approximate surface area is 856 Å². The number of halogens is 2. The summed E-state index contributed by atoms with van der Waals surface area (Å²) in [7, 11) is 0. The van der Waals surface area contributed by atoms with E-state index in [4.69, 9.17) is 55.6 Å². The molecular weight excluding hydrogens is 1870 g/mol. The number of carboxylic acid groups (broad SMARTS) is 3. The lowest BCUT2D eigenvalue weighted by Gasteiger charge is -2.40. The number of anilines is 3. The third-order valence-corrected chi connectivity index (χ3v) is 27.1. The van der Waals surface area contributed by atoms with Crippen LogP contribution in [-0.4, -0.2) is 231 Å². The molecule has 35 nitrogen and oxygen atoms in total. The number of aliphatic carboxylic acids is 3. The van der Waals surface area contributed by atoms with Crippen molar-refractivity contribution in [1.29, 1.82) is 0 Å². The van der Waals surface area contributed by atoms with Crippen molar-refractivity contribution in [3.8, 4) is 22.3 Å². The van der Waals surface area contributed by atoms with Crippen LogP contribution < -0.4 is 48.7 Å². The molecule has 10 aromatic rings. The van der Waals surface area contributed by atoms with Crippen LogP contribution in [0, 0.1) is 47.1 Å². The second-order valence-corrected chi connectivity index (χ2v) is 40.1. The highest BCUT2D eigenvalue weighted by Gasteiger charge is 2.36. The first-order valence-electron chi connectivity index (χ1n) is 51.9. The number of hydrogen-bond donors (Lipinski definition) is 12. The molecule has 11 heterocycles. The van der Waals surface area contributed by atoms with E-state index in [1.165, 1.54) is 12.1 Å². The molecule has 37 heteroatoms. The number of amides is 4. The van der Waals surface area contributed by atoms with Gasteiger partial charge in [-0.15, -0.1) is 0 Å². The number of rotatable bonds is 35. The van der Waals surface area contributed by atoms with Crippen molar-refractivity contribution < 1.29 is 76.6 Å². The van der Waals surface area contributed by atoms with Gasteiger partial charge in [0.15, 0.2) is 22.9 Å². The molecule has 0 saturated carbocycles. The smallest absolute Gasteiger partial charge is 0.410 e. The molecule has 5 saturated heterocycles. The van der Waals surface area contributed by atoms with Crippen molar-refractivity contribution in [2.24, 2.45) is 47.0 Å². The van der Waals surface area contributed by atoms with E-state index < -0.39 is 47.2 Å². The van der Waals surface area contributed by atoms with Crippen molar-refractivity contribution in [1.82, 2.24) is 80.3 Å². The largest absolute Gasteiger partial charge is 0.481 e. The van der Waals surface area contributed by atoms with Crippen molar-refractivity contribution in [2.75, 3.05) is 94.9 Å². The number of ether oxygens (including phenoxy) is 4. The fourth-order valence-corrected chi connectivity index (χ4v) is 19.2. The van der Waals surface area contributed by atoms with Gasteiger partial charge in [-0.3, -0.25) is 38.6 Å². The zero-order valence-corrected chi connectivity index (χ0v) is 88.2. The first-order chi connectivity index (χ1) is 69.9. The van der Waals surface area contributed by atoms with E-state index in [1.807, 2.05) is 137 Å². The molecule has 14 N–H and O–H groups in total. The molecule has 2 unspecified atom stereocenters. The molecule has 4 aromatic carbocycles. The zero-order chi connectivity index (χ0) is 106. The number of pyridine rings is 3. The highest BCUT2D eigenvalue weighted by molar-refractivity contribution is 6.01. The van der Waals surface area contributed by atoms with Crippen LogP contribution in [0.2, 0.25) is 0 Å². The molecule has 0 spiro atoms. The molecule has 5 aliphatic heterocycles. The number of nitrogens with zero attached hydrogens (tertiary/aromatic N) is 12. The highest BCUT2D eigenvalue weighted by atomic mass is 19.1. The van der Waals surface area contributed by atoms with Crippen LogP contribution in [0.1, 0.15) is 212 Å². The van der Waals surface area contributed by atoms with Crippen LogP contribution >= 0.6 is 0 Å². The predicted molar refractivity (Wildman–Crippen MR) is 563 cm³/mol. The van der Waals surface area contributed by atoms with Gasteiger partial charge in [-0.05, 0) is 201 Å². The Bertz CT molecular complexity index is 6030.